The molecule has 24 heavy (non-hydrogen) atoms. The zero-order valence-electron chi connectivity index (χ0n) is 14.8. The molecule has 1 heterocycles. The number of aryl methyl sites for hydroxylation is 1. The molecule has 2 rings (SSSR count). The molecule has 0 aliphatic carbocycles. The molecule has 0 atom stereocenters. The van der Waals surface area contributed by atoms with Crippen molar-refractivity contribution in [2.75, 3.05) is 0 Å². The van der Waals surface area contributed by atoms with Gasteiger partial charge in [0.25, 0.3) is 0 Å². The minimum absolute atomic E-state index is 0.0894. The third-order valence-corrected chi connectivity index (χ3v) is 4.46. The topological polar surface area (TPSA) is 50.4 Å². The Kier molecular flexibility index (Phi) is 7.10. The van der Waals surface area contributed by atoms with Crippen LogP contribution in [0, 0.1) is 0 Å². The highest BCUT2D eigenvalue weighted by atomic mass is 16.4. The number of aromatic hydroxyl groups is 1. The molecule has 1 aromatic carbocycles. The van der Waals surface area contributed by atoms with E-state index in [1.807, 2.05) is 18.2 Å². The second-order valence-corrected chi connectivity index (χ2v) is 6.41. The third kappa shape index (κ3) is 4.98. The van der Waals surface area contributed by atoms with E-state index >= 15 is 0 Å². The molecule has 0 spiro atoms. The number of rotatable bonds is 9. The van der Waals surface area contributed by atoms with Crippen molar-refractivity contribution in [1.29, 1.82) is 0 Å². The Morgan fingerprint density at radius 2 is 1.71 bits per heavy atom. The molecule has 1 aromatic heterocycles. The van der Waals surface area contributed by atoms with E-state index in [0.29, 0.717) is 17.7 Å². The molecule has 0 bridgehead atoms. The van der Waals surface area contributed by atoms with Crippen LogP contribution < -0.4 is 5.63 Å². The SMILES string of the molecule is CCCC(CCC)c1cc(O)c(CCCc2ccccc2)c(=O)o1. The Morgan fingerprint density at radius 3 is 2.29 bits per heavy atom. The molecule has 0 radical (unpaired) electrons. The lowest BCUT2D eigenvalue weighted by Gasteiger charge is -2.15. The molecule has 0 aliphatic heterocycles. The van der Waals surface area contributed by atoms with Gasteiger partial charge in [-0.1, -0.05) is 57.0 Å². The van der Waals surface area contributed by atoms with E-state index < -0.39 is 0 Å². The van der Waals surface area contributed by atoms with Gasteiger partial charge in [0.15, 0.2) is 0 Å². The molecule has 0 fully saturated rings. The van der Waals surface area contributed by atoms with Crippen molar-refractivity contribution in [2.24, 2.45) is 0 Å². The quantitative estimate of drug-likeness (QED) is 0.688. The summed E-state index contributed by atoms with van der Waals surface area (Å²) in [5, 5.41) is 10.3. The molecule has 0 amide bonds. The molecule has 3 nitrogen and oxygen atoms in total. The predicted molar refractivity (Wildman–Crippen MR) is 97.7 cm³/mol. The van der Waals surface area contributed by atoms with Crippen LogP contribution >= 0.6 is 0 Å². The summed E-state index contributed by atoms with van der Waals surface area (Å²) in [4.78, 5) is 12.3. The molecular weight excluding hydrogens is 300 g/mol. The van der Waals surface area contributed by atoms with Crippen LogP contribution in [-0.4, -0.2) is 5.11 Å². The molecule has 3 heteroatoms. The lowest BCUT2D eigenvalue weighted by molar-refractivity contribution is 0.371. The van der Waals surface area contributed by atoms with Gasteiger partial charge in [-0.25, -0.2) is 4.79 Å². The smallest absolute Gasteiger partial charge is 0.342 e. The molecule has 130 valence electrons. The summed E-state index contributed by atoms with van der Waals surface area (Å²) in [7, 11) is 0. The van der Waals surface area contributed by atoms with Crippen LogP contribution in [0.4, 0.5) is 0 Å². The molecular formula is C21H28O3. The highest BCUT2D eigenvalue weighted by Crippen LogP contribution is 2.29. The number of hydrogen-bond acceptors (Lipinski definition) is 3. The molecule has 2 aromatic rings. The van der Waals surface area contributed by atoms with Gasteiger partial charge >= 0.3 is 5.63 Å². The number of hydrogen-bond donors (Lipinski definition) is 1. The van der Waals surface area contributed by atoms with Crippen LogP contribution in [0.3, 0.4) is 0 Å². The van der Waals surface area contributed by atoms with E-state index in [4.69, 9.17) is 4.42 Å². The lowest BCUT2D eigenvalue weighted by Crippen LogP contribution is -2.11. The summed E-state index contributed by atoms with van der Waals surface area (Å²) >= 11 is 0. The van der Waals surface area contributed by atoms with E-state index in [0.717, 1.165) is 38.5 Å². The fourth-order valence-electron chi connectivity index (χ4n) is 3.20. The van der Waals surface area contributed by atoms with Gasteiger partial charge in [-0.05, 0) is 37.7 Å². The van der Waals surface area contributed by atoms with Crippen LogP contribution in [0.25, 0.3) is 0 Å². The van der Waals surface area contributed by atoms with Gasteiger partial charge in [-0.15, -0.1) is 0 Å². The van der Waals surface area contributed by atoms with Crippen LogP contribution in [-0.2, 0) is 12.8 Å². The van der Waals surface area contributed by atoms with Crippen molar-refractivity contribution in [1.82, 2.24) is 0 Å². The average molecular weight is 328 g/mol. The number of benzene rings is 1. The molecule has 0 saturated heterocycles. The van der Waals surface area contributed by atoms with Gasteiger partial charge in [-0.2, -0.15) is 0 Å². The summed E-state index contributed by atoms with van der Waals surface area (Å²) in [5.41, 5.74) is 1.26. The third-order valence-electron chi connectivity index (χ3n) is 4.46. The van der Waals surface area contributed by atoms with Gasteiger partial charge in [0.2, 0.25) is 0 Å². The molecule has 0 saturated carbocycles. The minimum atomic E-state index is -0.379. The van der Waals surface area contributed by atoms with Gasteiger partial charge in [0.05, 0.1) is 5.56 Å². The fraction of sp³-hybridized carbons (Fsp3) is 0.476. The standard InChI is InChI=1S/C21H28O3/c1-3-9-17(10-4-2)20-15-19(22)18(21(23)24-20)14-8-13-16-11-6-5-7-12-16/h5-7,11-12,15,17,22H,3-4,8-10,13-14H2,1-2H3. The zero-order chi connectivity index (χ0) is 17.4. The first-order chi connectivity index (χ1) is 11.7. The second kappa shape index (κ2) is 9.31. The monoisotopic (exact) mass is 328 g/mol. The Labute approximate surface area is 144 Å². The van der Waals surface area contributed by atoms with Crippen LogP contribution in [0.5, 0.6) is 5.75 Å². The largest absolute Gasteiger partial charge is 0.507 e. The second-order valence-electron chi connectivity index (χ2n) is 6.41. The van der Waals surface area contributed by atoms with E-state index in [9.17, 15) is 9.90 Å². The van der Waals surface area contributed by atoms with Crippen molar-refractivity contribution in [3.05, 3.63) is 63.7 Å². The van der Waals surface area contributed by atoms with Gasteiger partial charge in [0, 0.05) is 12.0 Å². The summed E-state index contributed by atoms with van der Waals surface area (Å²) < 4.78 is 5.54. The Morgan fingerprint density at radius 1 is 1.04 bits per heavy atom. The Bertz CT molecular complexity index is 667. The van der Waals surface area contributed by atoms with Gasteiger partial charge < -0.3 is 9.52 Å². The Balaban J connectivity index is 2.07. The van der Waals surface area contributed by atoms with Gasteiger partial charge in [0.1, 0.15) is 11.5 Å². The van der Waals surface area contributed by atoms with Crippen molar-refractivity contribution in [3.63, 3.8) is 0 Å². The van der Waals surface area contributed by atoms with Crippen LogP contribution in [0.15, 0.2) is 45.6 Å². The summed E-state index contributed by atoms with van der Waals surface area (Å²) in [6.07, 6.45) is 6.26. The molecule has 0 unspecified atom stereocenters. The van der Waals surface area contributed by atoms with Crippen molar-refractivity contribution < 1.29 is 9.52 Å². The zero-order valence-corrected chi connectivity index (χ0v) is 14.8. The normalized spacial score (nSPS) is 11.1. The lowest BCUT2D eigenvalue weighted by atomic mass is 9.94. The minimum Gasteiger partial charge on any atom is -0.507 e. The van der Waals surface area contributed by atoms with E-state index in [2.05, 4.69) is 26.0 Å². The summed E-state index contributed by atoms with van der Waals surface area (Å²) in [5.74, 6) is 0.941. The first-order valence-electron chi connectivity index (χ1n) is 9.05. The van der Waals surface area contributed by atoms with E-state index in [-0.39, 0.29) is 17.3 Å². The van der Waals surface area contributed by atoms with Crippen LogP contribution in [0.2, 0.25) is 0 Å². The predicted octanol–water partition coefficient (Wildman–Crippen LogP) is 5.20. The van der Waals surface area contributed by atoms with Crippen LogP contribution in [0.1, 0.15) is 68.8 Å². The van der Waals surface area contributed by atoms with Crippen molar-refractivity contribution in [3.8, 4) is 5.75 Å². The molecule has 0 aliphatic rings. The summed E-state index contributed by atoms with van der Waals surface area (Å²) in [6, 6.07) is 11.8. The molecule has 1 N–H and O–H groups in total. The highest BCUT2D eigenvalue weighted by molar-refractivity contribution is 5.31. The summed E-state index contributed by atoms with van der Waals surface area (Å²) in [6.45, 7) is 4.25. The average Bonchev–Trinajstić information content (AvgIpc) is 2.58. The maximum absolute atomic E-state index is 12.3. The highest BCUT2D eigenvalue weighted by Gasteiger charge is 2.17. The maximum atomic E-state index is 12.3. The van der Waals surface area contributed by atoms with Crippen molar-refractivity contribution >= 4 is 0 Å². The van der Waals surface area contributed by atoms with Gasteiger partial charge in [-0.3, -0.25) is 0 Å². The fourth-order valence-corrected chi connectivity index (χ4v) is 3.20. The Hall–Kier alpha value is -2.03. The first kappa shape index (κ1) is 18.3. The maximum Gasteiger partial charge on any atom is 0.342 e. The first-order valence-corrected chi connectivity index (χ1v) is 9.05. The van der Waals surface area contributed by atoms with E-state index in [1.165, 1.54) is 5.56 Å². The van der Waals surface area contributed by atoms with Crippen molar-refractivity contribution in [2.45, 2.75) is 64.7 Å². The van der Waals surface area contributed by atoms with E-state index in [1.54, 1.807) is 6.07 Å².